The van der Waals surface area contributed by atoms with Crippen LogP contribution in [0.2, 0.25) is 0 Å². The van der Waals surface area contributed by atoms with Crippen LogP contribution in [-0.4, -0.2) is 87.8 Å². The fraction of sp³-hybridized carbons (Fsp3) is 0.727. The quantitative estimate of drug-likeness (QED) is 0.238. The van der Waals surface area contributed by atoms with Crippen molar-refractivity contribution in [3.05, 3.63) is 32.6 Å². The molecule has 0 amide bonds. The van der Waals surface area contributed by atoms with Crippen molar-refractivity contribution in [3.8, 4) is 0 Å². The van der Waals surface area contributed by atoms with E-state index in [0.717, 1.165) is 10.8 Å². The summed E-state index contributed by atoms with van der Waals surface area (Å²) >= 11 is 0. The van der Waals surface area contributed by atoms with Crippen LogP contribution in [0.4, 0.5) is 57.1 Å². The van der Waals surface area contributed by atoms with Gasteiger partial charge in [-0.05, 0) is 6.92 Å². The molecule has 0 spiro atoms. The first-order valence-corrected chi connectivity index (χ1v) is 12.1. The molecule has 0 radical (unpaired) electrons. The molecule has 1 aromatic rings. The highest BCUT2D eigenvalue weighted by atomic mass is 19.4. The van der Waals surface area contributed by atoms with Crippen molar-refractivity contribution >= 4 is 11.9 Å². The molecule has 1 aromatic heterocycles. The minimum atomic E-state index is -8.06. The number of aliphatic hydroxyl groups is 1. The maximum Gasteiger partial charge on any atom is 0.460 e. The van der Waals surface area contributed by atoms with Crippen LogP contribution in [0.5, 0.6) is 0 Å². The van der Waals surface area contributed by atoms with Crippen LogP contribution in [-0.2, 0) is 23.8 Å². The molecule has 2 N–H and O–H groups in total. The molecule has 1 saturated heterocycles. The van der Waals surface area contributed by atoms with Crippen LogP contribution < -0.4 is 11.2 Å². The van der Waals surface area contributed by atoms with E-state index in [9.17, 15) is 81.4 Å². The summed E-state index contributed by atoms with van der Waals surface area (Å²) in [5.41, 5.74) is -1.53. The number of aromatic amines is 1. The number of carbonyl (C=O) groups is 2. The van der Waals surface area contributed by atoms with Crippen LogP contribution in [0.15, 0.2) is 15.8 Å². The summed E-state index contributed by atoms with van der Waals surface area (Å²) in [6.45, 7) is -1.39. The molecule has 258 valence electrons. The van der Waals surface area contributed by atoms with Gasteiger partial charge in [0.25, 0.3) is 5.56 Å². The third-order valence-corrected chi connectivity index (χ3v) is 6.31. The number of alkyl halides is 13. The third-order valence-electron chi connectivity index (χ3n) is 6.31. The maximum atomic E-state index is 13.8. The molecule has 0 aromatic carbocycles. The zero-order valence-electron chi connectivity index (χ0n) is 22.2. The molecule has 1 fully saturated rings. The zero-order valence-corrected chi connectivity index (χ0v) is 22.2. The lowest BCUT2D eigenvalue weighted by atomic mass is 9.93. The van der Waals surface area contributed by atoms with Crippen molar-refractivity contribution in [2.45, 2.75) is 86.8 Å². The molecule has 2 heterocycles. The molecule has 10 nitrogen and oxygen atoms in total. The first-order valence-electron chi connectivity index (χ1n) is 12.1. The van der Waals surface area contributed by atoms with Gasteiger partial charge in [0.05, 0.1) is 32.5 Å². The molecule has 23 heteroatoms. The number of nitrogens with one attached hydrogen (secondary N) is 1. The van der Waals surface area contributed by atoms with Crippen molar-refractivity contribution in [2.75, 3.05) is 13.2 Å². The van der Waals surface area contributed by atoms with Gasteiger partial charge >= 0.3 is 53.4 Å². The Hall–Kier alpha value is -3.37. The fourth-order valence-electron chi connectivity index (χ4n) is 3.72. The van der Waals surface area contributed by atoms with Gasteiger partial charge in [0.15, 0.2) is 0 Å². The normalized spacial score (nSPS) is 20.3. The number of carbonyl (C=O) groups excluding carboxylic acids is 2. The number of ether oxygens (including phenoxy) is 3. The first-order chi connectivity index (χ1) is 20.2. The lowest BCUT2D eigenvalue weighted by Crippen LogP contribution is -2.70. The molecule has 0 saturated carbocycles. The summed E-state index contributed by atoms with van der Waals surface area (Å²) in [6.07, 6.45) is -15.1. The van der Waals surface area contributed by atoms with Crippen LogP contribution in [0.25, 0.3) is 0 Å². The van der Waals surface area contributed by atoms with Gasteiger partial charge in [-0.15, -0.1) is 0 Å². The molecule has 2 rings (SSSR count). The summed E-state index contributed by atoms with van der Waals surface area (Å²) in [7, 11) is 0. The number of aryl methyl sites for hydroxylation is 1. The number of aromatic nitrogens is 2. The zero-order chi connectivity index (χ0) is 35.0. The second-order valence-electron chi connectivity index (χ2n) is 9.52. The summed E-state index contributed by atoms with van der Waals surface area (Å²) in [5, 5.41) is 9.46. The number of esters is 2. The number of H-pyrrole nitrogens is 1. The Morgan fingerprint density at radius 3 is 1.98 bits per heavy atom. The van der Waals surface area contributed by atoms with Gasteiger partial charge in [0.2, 0.25) is 0 Å². The Bertz CT molecular complexity index is 1360. The second-order valence-corrected chi connectivity index (χ2v) is 9.52. The van der Waals surface area contributed by atoms with E-state index in [1.54, 1.807) is 0 Å². The third kappa shape index (κ3) is 7.22. The lowest BCUT2D eigenvalue weighted by molar-refractivity contribution is -0.440. The number of halogens is 13. The topological polar surface area (TPSA) is 137 Å². The second kappa shape index (κ2) is 12.8. The van der Waals surface area contributed by atoms with E-state index in [1.807, 2.05) is 4.98 Å². The molecule has 1 aliphatic rings. The standard InChI is InChI=1S/C22H21F13N2O8/c1-9-7-37(16(42)36-15(9)41)12-6-10(11(8-38)44-12)45-14(40)3-2-13(39)43-5-4-17(23,24)18(25,26)19(27,28)20(29,30)21(31,32)22(33,34)35/h7,10-12,38H,2-6,8H2,1H3,(H,36,41,42). The van der Waals surface area contributed by atoms with Crippen molar-refractivity contribution in [1.29, 1.82) is 0 Å². The summed E-state index contributed by atoms with van der Waals surface area (Å²) in [4.78, 5) is 49.3. The smallest absolute Gasteiger partial charge is 0.460 e. The Labute approximate surface area is 241 Å². The van der Waals surface area contributed by atoms with Gasteiger partial charge in [0.1, 0.15) is 18.4 Å². The largest absolute Gasteiger partial charge is 0.465 e. The molecule has 3 unspecified atom stereocenters. The lowest BCUT2D eigenvalue weighted by Gasteiger charge is -2.39. The highest BCUT2D eigenvalue weighted by Gasteiger charge is 2.90. The monoisotopic (exact) mass is 688 g/mol. The van der Waals surface area contributed by atoms with E-state index in [1.165, 1.54) is 6.92 Å². The van der Waals surface area contributed by atoms with Crippen molar-refractivity contribution < 1.29 is 86.0 Å². The minimum absolute atomic E-state index is 0.0915. The average molecular weight is 688 g/mol. The number of hydrogen-bond acceptors (Lipinski definition) is 8. The van der Waals surface area contributed by atoms with Gasteiger partial charge in [-0.1, -0.05) is 0 Å². The molecule has 45 heavy (non-hydrogen) atoms. The molecule has 1 aliphatic heterocycles. The van der Waals surface area contributed by atoms with E-state index >= 15 is 0 Å². The van der Waals surface area contributed by atoms with Crippen LogP contribution in [0, 0.1) is 6.92 Å². The van der Waals surface area contributed by atoms with E-state index < -0.39 is 110 Å². The van der Waals surface area contributed by atoms with Crippen molar-refractivity contribution in [1.82, 2.24) is 9.55 Å². The molecule has 0 bridgehead atoms. The van der Waals surface area contributed by atoms with Crippen LogP contribution >= 0.6 is 0 Å². The van der Waals surface area contributed by atoms with E-state index in [-0.39, 0.29) is 12.0 Å². The number of hydrogen-bond donors (Lipinski definition) is 2. The predicted octanol–water partition coefficient (Wildman–Crippen LogP) is 3.49. The fourth-order valence-corrected chi connectivity index (χ4v) is 3.72. The molecule has 0 aliphatic carbocycles. The number of nitrogens with zero attached hydrogens (tertiary/aromatic N) is 1. The minimum Gasteiger partial charge on any atom is -0.465 e. The van der Waals surface area contributed by atoms with Crippen molar-refractivity contribution in [3.63, 3.8) is 0 Å². The van der Waals surface area contributed by atoms with Crippen LogP contribution in [0.3, 0.4) is 0 Å². The molecule has 3 atom stereocenters. The maximum absolute atomic E-state index is 13.8. The number of aliphatic hydroxyl groups excluding tert-OH is 1. The Morgan fingerprint density at radius 2 is 1.44 bits per heavy atom. The molecular formula is C22H21F13N2O8. The average Bonchev–Trinajstić information content (AvgIpc) is 3.30. The van der Waals surface area contributed by atoms with Gasteiger partial charge in [0, 0.05) is 18.2 Å². The van der Waals surface area contributed by atoms with Crippen LogP contribution in [0.1, 0.15) is 37.5 Å². The highest BCUT2D eigenvalue weighted by molar-refractivity contribution is 5.77. The predicted molar refractivity (Wildman–Crippen MR) is 117 cm³/mol. The van der Waals surface area contributed by atoms with E-state index in [0.29, 0.717) is 0 Å². The Balaban J connectivity index is 1.95. The van der Waals surface area contributed by atoms with Crippen molar-refractivity contribution in [2.24, 2.45) is 0 Å². The van der Waals surface area contributed by atoms with Gasteiger partial charge in [-0.25, -0.2) is 4.79 Å². The number of rotatable bonds is 13. The SMILES string of the molecule is Cc1cn(C2CC(OC(=O)CCC(=O)OCCC(F)(F)C(F)(F)C(F)(F)C(F)(F)C(F)(F)C(F)(F)F)C(CO)O2)c(=O)[nH]c1=O. The Kier molecular flexibility index (Phi) is 10.7. The summed E-state index contributed by atoms with van der Waals surface area (Å²) in [5.74, 6) is -40.8. The van der Waals surface area contributed by atoms with Gasteiger partial charge in [-0.3, -0.25) is 23.9 Å². The van der Waals surface area contributed by atoms with E-state index in [4.69, 9.17) is 9.47 Å². The summed E-state index contributed by atoms with van der Waals surface area (Å²) < 4.78 is 186. The molecular weight excluding hydrogens is 667 g/mol. The van der Waals surface area contributed by atoms with Gasteiger partial charge < -0.3 is 19.3 Å². The van der Waals surface area contributed by atoms with E-state index in [2.05, 4.69) is 4.74 Å². The first kappa shape index (κ1) is 37.8. The highest BCUT2D eigenvalue weighted by Crippen LogP contribution is 2.60. The van der Waals surface area contributed by atoms with Gasteiger partial charge in [-0.2, -0.15) is 57.1 Å². The Morgan fingerprint density at radius 1 is 0.911 bits per heavy atom. The summed E-state index contributed by atoms with van der Waals surface area (Å²) in [6, 6.07) is 0.